The topological polar surface area (TPSA) is 74.5 Å². The van der Waals surface area contributed by atoms with Gasteiger partial charge in [0.1, 0.15) is 11.5 Å². The summed E-state index contributed by atoms with van der Waals surface area (Å²) in [4.78, 5) is 12.0. The third-order valence-electron chi connectivity index (χ3n) is 3.77. The van der Waals surface area contributed by atoms with Crippen molar-refractivity contribution in [3.8, 4) is 23.0 Å². The molecule has 1 aromatic heterocycles. The van der Waals surface area contributed by atoms with E-state index >= 15 is 0 Å². The first-order valence-corrected chi connectivity index (χ1v) is 7.97. The molecule has 4 rings (SSSR count). The number of nitrogens with zero attached hydrogens (tertiary/aromatic N) is 2. The maximum Gasteiger partial charge on any atom is 0.349 e. The smallest absolute Gasteiger partial charge is 0.349 e. The second kappa shape index (κ2) is 7.06. The Balaban J connectivity index is 1.36. The molecule has 0 aliphatic rings. The van der Waals surface area contributed by atoms with E-state index in [1.165, 1.54) is 6.39 Å². The summed E-state index contributed by atoms with van der Waals surface area (Å²) in [7, 11) is 0. The summed E-state index contributed by atoms with van der Waals surface area (Å²) in [6.07, 6.45) is 1.26. The van der Waals surface area contributed by atoms with Gasteiger partial charge in [0.25, 0.3) is 0 Å². The van der Waals surface area contributed by atoms with Crippen molar-refractivity contribution in [2.24, 2.45) is 0 Å². The lowest BCUT2D eigenvalue weighted by atomic mass is 10.1. The molecule has 26 heavy (non-hydrogen) atoms. The molecule has 6 nitrogen and oxygen atoms in total. The van der Waals surface area contributed by atoms with Crippen molar-refractivity contribution in [1.29, 1.82) is 0 Å². The molecule has 0 unspecified atom stereocenters. The number of benzene rings is 3. The Morgan fingerprint density at radius 1 is 0.923 bits per heavy atom. The summed E-state index contributed by atoms with van der Waals surface area (Å²) in [5.41, 5.74) is 0.745. The lowest BCUT2D eigenvalue weighted by molar-refractivity contribution is -0.136. The van der Waals surface area contributed by atoms with Crippen LogP contribution < -0.4 is 9.47 Å². The molecule has 0 spiro atoms. The zero-order chi connectivity index (χ0) is 17.8. The third-order valence-corrected chi connectivity index (χ3v) is 3.77. The van der Waals surface area contributed by atoms with Gasteiger partial charge in [0.05, 0.1) is 0 Å². The lowest BCUT2D eigenvalue weighted by Crippen LogP contribution is -2.17. The highest BCUT2D eigenvalue weighted by molar-refractivity contribution is 5.84. The summed E-state index contributed by atoms with van der Waals surface area (Å²) >= 11 is 0. The van der Waals surface area contributed by atoms with Gasteiger partial charge in [0.15, 0.2) is 6.61 Å². The fourth-order valence-electron chi connectivity index (χ4n) is 2.52. The van der Waals surface area contributed by atoms with E-state index in [9.17, 15) is 4.79 Å². The first-order valence-electron chi connectivity index (χ1n) is 7.97. The van der Waals surface area contributed by atoms with E-state index in [0.29, 0.717) is 17.4 Å². The van der Waals surface area contributed by atoms with E-state index in [2.05, 4.69) is 10.2 Å². The van der Waals surface area contributed by atoms with Crippen molar-refractivity contribution in [3.63, 3.8) is 0 Å². The molecule has 0 aliphatic carbocycles. The molecule has 0 saturated carbocycles. The van der Waals surface area contributed by atoms with Crippen LogP contribution in [0.1, 0.15) is 0 Å². The Bertz CT molecular complexity index is 1030. The number of carbonyl (C=O) groups is 1. The van der Waals surface area contributed by atoms with E-state index in [1.54, 1.807) is 24.3 Å². The summed E-state index contributed by atoms with van der Waals surface area (Å²) in [6, 6.07) is 20.4. The normalized spacial score (nSPS) is 10.6. The maximum absolute atomic E-state index is 12.0. The van der Waals surface area contributed by atoms with Crippen LogP contribution >= 0.6 is 0 Å². The summed E-state index contributed by atoms with van der Waals surface area (Å²) < 4.78 is 15.9. The minimum atomic E-state index is -0.483. The van der Waals surface area contributed by atoms with Crippen LogP contribution in [0.2, 0.25) is 0 Å². The van der Waals surface area contributed by atoms with Crippen LogP contribution in [-0.4, -0.2) is 22.8 Å². The van der Waals surface area contributed by atoms with Crippen LogP contribution in [0.25, 0.3) is 22.2 Å². The number of ether oxygens (including phenoxy) is 2. The molecule has 0 amide bonds. The van der Waals surface area contributed by atoms with Gasteiger partial charge in [0, 0.05) is 5.56 Å². The Kier molecular flexibility index (Phi) is 4.30. The Labute approximate surface area is 149 Å². The van der Waals surface area contributed by atoms with Crippen molar-refractivity contribution in [2.75, 3.05) is 6.61 Å². The predicted octanol–water partition coefficient (Wildman–Crippen LogP) is 3.87. The zero-order valence-corrected chi connectivity index (χ0v) is 13.7. The van der Waals surface area contributed by atoms with Crippen molar-refractivity contribution in [1.82, 2.24) is 10.2 Å². The average molecular weight is 346 g/mol. The monoisotopic (exact) mass is 346 g/mol. The molecule has 0 radical (unpaired) electrons. The molecule has 6 heteroatoms. The van der Waals surface area contributed by atoms with Crippen LogP contribution in [0.5, 0.6) is 11.5 Å². The number of aromatic nitrogens is 2. The van der Waals surface area contributed by atoms with Crippen molar-refractivity contribution < 1.29 is 18.7 Å². The second-order valence-corrected chi connectivity index (χ2v) is 5.54. The van der Waals surface area contributed by atoms with Gasteiger partial charge in [0.2, 0.25) is 12.3 Å². The Hall–Kier alpha value is -3.67. The van der Waals surface area contributed by atoms with Crippen molar-refractivity contribution >= 4 is 16.7 Å². The summed E-state index contributed by atoms with van der Waals surface area (Å²) in [6.45, 7) is -0.177. The van der Waals surface area contributed by atoms with Gasteiger partial charge in [-0.3, -0.25) is 0 Å². The zero-order valence-electron chi connectivity index (χ0n) is 13.7. The quantitative estimate of drug-likeness (QED) is 0.403. The summed E-state index contributed by atoms with van der Waals surface area (Å²) in [5, 5.41) is 9.61. The Morgan fingerprint density at radius 2 is 1.69 bits per heavy atom. The molecule has 128 valence electrons. The highest BCUT2D eigenvalue weighted by Gasteiger charge is 2.08. The number of hydrogen-bond donors (Lipinski definition) is 0. The molecule has 0 atom stereocenters. The fourth-order valence-corrected chi connectivity index (χ4v) is 2.52. The molecule has 0 fully saturated rings. The molecular weight excluding hydrogens is 332 g/mol. The van der Waals surface area contributed by atoms with E-state index in [1.807, 2.05) is 42.5 Å². The maximum atomic E-state index is 12.0. The molecule has 1 heterocycles. The standard InChI is InChI=1S/C20H14N2O4/c23-19(12-24-18-10-5-14-3-1-2-4-16(14)11-18)26-17-8-6-15(7-9-17)20-22-21-13-25-20/h1-11,13H,12H2. The molecule has 0 N–H and O–H groups in total. The number of rotatable bonds is 5. The van der Waals surface area contributed by atoms with E-state index in [-0.39, 0.29) is 6.61 Å². The minimum Gasteiger partial charge on any atom is -0.482 e. The molecule has 3 aromatic carbocycles. The van der Waals surface area contributed by atoms with Gasteiger partial charge in [-0.15, -0.1) is 10.2 Å². The van der Waals surface area contributed by atoms with Crippen molar-refractivity contribution in [3.05, 3.63) is 73.1 Å². The highest BCUT2D eigenvalue weighted by Crippen LogP contribution is 2.22. The van der Waals surface area contributed by atoms with E-state index in [4.69, 9.17) is 13.9 Å². The molecular formula is C20H14N2O4. The molecule has 0 aliphatic heterocycles. The largest absolute Gasteiger partial charge is 0.482 e. The molecule has 4 aromatic rings. The second-order valence-electron chi connectivity index (χ2n) is 5.54. The van der Waals surface area contributed by atoms with E-state index < -0.39 is 5.97 Å². The highest BCUT2D eigenvalue weighted by atomic mass is 16.6. The molecule has 0 saturated heterocycles. The van der Waals surface area contributed by atoms with Crippen LogP contribution in [0, 0.1) is 0 Å². The third kappa shape index (κ3) is 3.54. The van der Waals surface area contributed by atoms with E-state index in [0.717, 1.165) is 16.3 Å². The van der Waals surface area contributed by atoms with Crippen LogP contribution in [-0.2, 0) is 4.79 Å². The summed E-state index contributed by atoms with van der Waals surface area (Å²) in [5.74, 6) is 0.957. The van der Waals surface area contributed by atoms with Gasteiger partial charge in [-0.2, -0.15) is 0 Å². The number of carbonyl (C=O) groups excluding carboxylic acids is 1. The fraction of sp³-hybridized carbons (Fsp3) is 0.0500. The number of fused-ring (bicyclic) bond motifs is 1. The van der Waals surface area contributed by atoms with Gasteiger partial charge >= 0.3 is 5.97 Å². The van der Waals surface area contributed by atoms with Gasteiger partial charge < -0.3 is 13.9 Å². The number of esters is 1. The molecule has 0 bridgehead atoms. The van der Waals surface area contributed by atoms with Gasteiger partial charge in [-0.1, -0.05) is 30.3 Å². The van der Waals surface area contributed by atoms with Gasteiger partial charge in [-0.25, -0.2) is 4.79 Å². The van der Waals surface area contributed by atoms with Crippen LogP contribution in [0.15, 0.2) is 77.5 Å². The first-order chi connectivity index (χ1) is 12.8. The predicted molar refractivity (Wildman–Crippen MR) is 94.8 cm³/mol. The van der Waals surface area contributed by atoms with Crippen LogP contribution in [0.3, 0.4) is 0 Å². The SMILES string of the molecule is O=C(COc1ccc2ccccc2c1)Oc1ccc(-c2nnco2)cc1. The Morgan fingerprint density at radius 3 is 2.46 bits per heavy atom. The lowest BCUT2D eigenvalue weighted by Gasteiger charge is -2.08. The van der Waals surface area contributed by atoms with Crippen molar-refractivity contribution in [2.45, 2.75) is 0 Å². The van der Waals surface area contributed by atoms with Gasteiger partial charge in [-0.05, 0) is 47.2 Å². The minimum absolute atomic E-state index is 0.177. The van der Waals surface area contributed by atoms with Crippen LogP contribution in [0.4, 0.5) is 0 Å². The first kappa shape index (κ1) is 15.8. The number of hydrogen-bond acceptors (Lipinski definition) is 6. The average Bonchev–Trinajstić information content (AvgIpc) is 3.22.